The van der Waals surface area contributed by atoms with E-state index in [0.29, 0.717) is 4.88 Å². The van der Waals surface area contributed by atoms with Gasteiger partial charge in [-0.3, -0.25) is 0 Å². The Morgan fingerprint density at radius 1 is 1.33 bits per heavy atom. The number of ether oxygens (including phenoxy) is 1. The number of alkyl halides is 3. The summed E-state index contributed by atoms with van der Waals surface area (Å²) in [4.78, 5) is 11.7. The van der Waals surface area contributed by atoms with Crippen molar-refractivity contribution in [2.24, 2.45) is 0 Å². The van der Waals surface area contributed by atoms with Gasteiger partial charge >= 0.3 is 12.1 Å². The summed E-state index contributed by atoms with van der Waals surface area (Å²) in [6, 6.07) is 6.55. The molecule has 0 radical (unpaired) electrons. The van der Waals surface area contributed by atoms with Gasteiger partial charge in [-0.2, -0.15) is 13.2 Å². The zero-order valence-corrected chi connectivity index (χ0v) is 11.7. The highest BCUT2D eigenvalue weighted by atomic mass is 32.1. The highest BCUT2D eigenvalue weighted by Crippen LogP contribution is 2.34. The van der Waals surface area contributed by atoms with Gasteiger partial charge in [0.25, 0.3) is 0 Å². The summed E-state index contributed by atoms with van der Waals surface area (Å²) < 4.78 is 43.8. The number of rotatable bonds is 4. The number of carboxylic acids is 1. The molecule has 3 nitrogen and oxygen atoms in total. The van der Waals surface area contributed by atoms with E-state index >= 15 is 0 Å². The van der Waals surface area contributed by atoms with E-state index in [1.807, 2.05) is 0 Å². The molecule has 1 aromatic heterocycles. The Labute approximate surface area is 122 Å². The Hall–Kier alpha value is -2.02. The summed E-state index contributed by atoms with van der Waals surface area (Å²) in [5.74, 6) is -1.07. The molecule has 2 aromatic rings. The molecule has 2 rings (SSSR count). The van der Waals surface area contributed by atoms with E-state index < -0.39 is 17.7 Å². The van der Waals surface area contributed by atoms with Crippen molar-refractivity contribution in [2.45, 2.75) is 19.7 Å². The monoisotopic (exact) mass is 316 g/mol. The Morgan fingerprint density at radius 2 is 2.00 bits per heavy atom. The van der Waals surface area contributed by atoms with Gasteiger partial charge in [-0.05, 0) is 19.1 Å². The van der Waals surface area contributed by atoms with Crippen LogP contribution >= 0.6 is 11.3 Å². The third kappa shape index (κ3) is 3.55. The molecule has 112 valence electrons. The lowest BCUT2D eigenvalue weighted by Gasteiger charge is -2.13. The molecule has 0 fully saturated rings. The van der Waals surface area contributed by atoms with Crippen molar-refractivity contribution in [3.8, 4) is 5.75 Å². The standard InChI is InChI=1S/C14H11F3O3S/c1-8-6-11(12(21-8)13(18)19)20-7-9-4-2-3-5-10(9)14(15,16)17/h2-6H,7H2,1H3,(H,18,19). The van der Waals surface area contributed by atoms with Crippen LogP contribution in [0, 0.1) is 6.92 Å². The van der Waals surface area contributed by atoms with E-state index in [1.165, 1.54) is 24.3 Å². The van der Waals surface area contributed by atoms with Gasteiger partial charge in [0, 0.05) is 10.4 Å². The summed E-state index contributed by atoms with van der Waals surface area (Å²) in [6.45, 7) is 1.36. The second-order valence-corrected chi connectivity index (χ2v) is 5.56. The van der Waals surface area contributed by atoms with Gasteiger partial charge < -0.3 is 9.84 Å². The lowest BCUT2D eigenvalue weighted by molar-refractivity contribution is -0.138. The van der Waals surface area contributed by atoms with Crippen molar-refractivity contribution >= 4 is 17.3 Å². The first kappa shape index (κ1) is 15.4. The van der Waals surface area contributed by atoms with Crippen LogP contribution in [0.2, 0.25) is 0 Å². The molecule has 0 spiro atoms. The molecule has 1 heterocycles. The number of hydrogen-bond donors (Lipinski definition) is 1. The molecule has 0 bridgehead atoms. The lowest BCUT2D eigenvalue weighted by Crippen LogP contribution is -2.11. The number of hydrogen-bond acceptors (Lipinski definition) is 3. The van der Waals surface area contributed by atoms with Crippen LogP contribution in [0.5, 0.6) is 5.75 Å². The molecular formula is C14H11F3O3S. The van der Waals surface area contributed by atoms with Gasteiger partial charge in [0.15, 0.2) is 4.88 Å². The van der Waals surface area contributed by atoms with Gasteiger partial charge in [0.2, 0.25) is 0 Å². The third-order valence-corrected chi connectivity index (χ3v) is 3.74. The number of benzene rings is 1. The van der Waals surface area contributed by atoms with E-state index in [9.17, 15) is 18.0 Å². The summed E-state index contributed by atoms with van der Waals surface area (Å²) >= 11 is 1.02. The van der Waals surface area contributed by atoms with Crippen LogP contribution in [0.15, 0.2) is 30.3 Å². The van der Waals surface area contributed by atoms with Crippen LogP contribution in [0.25, 0.3) is 0 Å². The van der Waals surface area contributed by atoms with E-state index in [4.69, 9.17) is 9.84 Å². The molecule has 1 aromatic carbocycles. The highest BCUT2D eigenvalue weighted by Gasteiger charge is 2.33. The van der Waals surface area contributed by atoms with Crippen molar-refractivity contribution < 1.29 is 27.8 Å². The molecule has 0 amide bonds. The van der Waals surface area contributed by atoms with E-state index in [2.05, 4.69) is 0 Å². The SMILES string of the molecule is Cc1cc(OCc2ccccc2C(F)(F)F)c(C(=O)O)s1. The summed E-state index contributed by atoms with van der Waals surface area (Å²) in [6.07, 6.45) is -4.47. The normalized spacial score (nSPS) is 11.4. The number of carboxylic acid groups (broad SMARTS) is 1. The van der Waals surface area contributed by atoms with E-state index in [1.54, 1.807) is 6.92 Å². The molecule has 0 unspecified atom stereocenters. The maximum absolute atomic E-state index is 12.8. The second kappa shape index (κ2) is 5.77. The zero-order valence-electron chi connectivity index (χ0n) is 10.9. The first-order chi connectivity index (χ1) is 9.79. The third-order valence-electron chi connectivity index (χ3n) is 2.72. The van der Waals surface area contributed by atoms with Crippen molar-refractivity contribution in [1.29, 1.82) is 0 Å². The van der Waals surface area contributed by atoms with Gasteiger partial charge in [-0.25, -0.2) is 4.79 Å². The number of halogens is 3. The lowest BCUT2D eigenvalue weighted by atomic mass is 10.1. The van der Waals surface area contributed by atoms with Crippen LogP contribution in [-0.4, -0.2) is 11.1 Å². The van der Waals surface area contributed by atoms with Crippen LogP contribution in [0.4, 0.5) is 13.2 Å². The predicted octanol–water partition coefficient (Wildman–Crippen LogP) is 4.35. The van der Waals surface area contributed by atoms with Gasteiger partial charge in [0.05, 0.1) is 5.56 Å². The van der Waals surface area contributed by atoms with Crippen LogP contribution < -0.4 is 4.74 Å². The number of aromatic carboxylic acids is 1. The van der Waals surface area contributed by atoms with Crippen molar-refractivity contribution in [2.75, 3.05) is 0 Å². The van der Waals surface area contributed by atoms with Crippen LogP contribution in [0.3, 0.4) is 0 Å². The Morgan fingerprint density at radius 3 is 2.62 bits per heavy atom. The fourth-order valence-corrected chi connectivity index (χ4v) is 2.62. The summed E-state index contributed by atoms with van der Waals surface area (Å²) in [7, 11) is 0. The maximum Gasteiger partial charge on any atom is 0.416 e. The highest BCUT2D eigenvalue weighted by molar-refractivity contribution is 7.14. The zero-order chi connectivity index (χ0) is 15.6. The molecule has 21 heavy (non-hydrogen) atoms. The minimum Gasteiger partial charge on any atom is -0.487 e. The Bertz CT molecular complexity index is 662. The van der Waals surface area contributed by atoms with Crippen LogP contribution in [0.1, 0.15) is 25.7 Å². The average molecular weight is 316 g/mol. The molecule has 0 aliphatic rings. The first-order valence-electron chi connectivity index (χ1n) is 5.90. The van der Waals surface area contributed by atoms with Crippen LogP contribution in [-0.2, 0) is 12.8 Å². The Balaban J connectivity index is 2.24. The molecule has 1 N–H and O–H groups in total. The minimum absolute atomic E-state index is 0.0167. The molecule has 0 aliphatic carbocycles. The van der Waals surface area contributed by atoms with Gasteiger partial charge in [-0.15, -0.1) is 11.3 Å². The van der Waals surface area contributed by atoms with Gasteiger partial charge in [-0.1, -0.05) is 18.2 Å². The molecular weight excluding hydrogens is 305 g/mol. The molecule has 0 saturated heterocycles. The van der Waals surface area contributed by atoms with Crippen molar-refractivity contribution in [1.82, 2.24) is 0 Å². The summed E-state index contributed by atoms with van der Waals surface area (Å²) in [5.41, 5.74) is -0.820. The minimum atomic E-state index is -4.47. The number of thiophene rings is 1. The molecule has 0 atom stereocenters. The largest absolute Gasteiger partial charge is 0.487 e. The number of aryl methyl sites for hydroxylation is 1. The van der Waals surface area contributed by atoms with Gasteiger partial charge in [0.1, 0.15) is 12.4 Å². The first-order valence-corrected chi connectivity index (χ1v) is 6.72. The average Bonchev–Trinajstić information content (AvgIpc) is 2.77. The topological polar surface area (TPSA) is 46.5 Å². The van der Waals surface area contributed by atoms with Crippen molar-refractivity contribution in [3.05, 3.63) is 51.2 Å². The molecule has 7 heteroatoms. The van der Waals surface area contributed by atoms with Crippen molar-refractivity contribution in [3.63, 3.8) is 0 Å². The van der Waals surface area contributed by atoms with E-state index in [0.717, 1.165) is 17.4 Å². The summed E-state index contributed by atoms with van der Waals surface area (Å²) in [5, 5.41) is 9.01. The second-order valence-electron chi connectivity index (χ2n) is 4.30. The smallest absolute Gasteiger partial charge is 0.416 e. The molecule has 0 aliphatic heterocycles. The van der Waals surface area contributed by atoms with E-state index in [-0.39, 0.29) is 22.8 Å². The predicted molar refractivity (Wildman–Crippen MR) is 71.8 cm³/mol. The Kier molecular flexibility index (Phi) is 4.22. The molecule has 0 saturated carbocycles. The number of carbonyl (C=O) groups is 1. The fraction of sp³-hybridized carbons (Fsp3) is 0.214. The maximum atomic E-state index is 12.8. The quantitative estimate of drug-likeness (QED) is 0.912. The fourth-order valence-electron chi connectivity index (χ4n) is 1.83.